The molecule has 0 spiro atoms. The van der Waals surface area contributed by atoms with Crippen molar-refractivity contribution < 1.29 is 29.1 Å². The molecule has 0 saturated carbocycles. The number of amides is 1. The number of alkyl carbamates (subject to hydrolysis) is 1. The first-order chi connectivity index (χ1) is 16.3. The lowest BCUT2D eigenvalue weighted by molar-refractivity contribution is -0.386. The zero-order valence-electron chi connectivity index (χ0n) is 18.4. The largest absolute Gasteiger partial charge is 0.459 e. The smallest absolute Gasteiger partial charge is 0.408 e. The maximum Gasteiger partial charge on any atom is 0.408 e. The van der Waals surface area contributed by atoms with Gasteiger partial charge in [-0.1, -0.05) is 72.8 Å². The minimum Gasteiger partial charge on any atom is -0.459 e. The molecule has 3 rings (SSSR count). The highest BCUT2D eigenvalue weighted by molar-refractivity contribution is 5.86. The predicted molar refractivity (Wildman–Crippen MR) is 122 cm³/mol. The monoisotopic (exact) mass is 464 g/mol. The van der Waals surface area contributed by atoms with Crippen LogP contribution in [0, 0.1) is 10.1 Å². The molecule has 0 aliphatic heterocycles. The van der Waals surface area contributed by atoms with Gasteiger partial charge in [-0.05, 0) is 24.1 Å². The fraction of sp³-hybridized carbons (Fsp3) is 0.200. The second-order valence-electron chi connectivity index (χ2n) is 7.67. The summed E-state index contributed by atoms with van der Waals surface area (Å²) >= 11 is 0. The van der Waals surface area contributed by atoms with Gasteiger partial charge in [-0.25, -0.2) is 9.59 Å². The van der Waals surface area contributed by atoms with Crippen LogP contribution in [0.2, 0.25) is 0 Å². The van der Waals surface area contributed by atoms with Crippen molar-refractivity contribution in [1.29, 1.82) is 0 Å². The number of nitro benzene ring substituents is 1. The lowest BCUT2D eigenvalue weighted by Crippen LogP contribution is -2.57. The standard InChI is InChI=1S/C25H24N2O7/c1-25(23(29)33-16-18-10-4-2-5-11-18,22(28)20-14-8-9-15-21(20)27(31)32)26-24(30)34-17-19-12-6-3-7-13-19/h2-15,22,28H,16-17H2,1H3,(H,26,30)/t22-,25+/m1/s1. The van der Waals surface area contributed by atoms with Crippen LogP contribution in [0.3, 0.4) is 0 Å². The number of esters is 1. The van der Waals surface area contributed by atoms with Crippen molar-refractivity contribution in [3.63, 3.8) is 0 Å². The molecular formula is C25H24N2O7. The van der Waals surface area contributed by atoms with Gasteiger partial charge in [0.05, 0.1) is 10.5 Å². The van der Waals surface area contributed by atoms with Gasteiger partial charge in [0.1, 0.15) is 19.3 Å². The molecule has 9 heteroatoms. The number of rotatable bonds is 9. The van der Waals surface area contributed by atoms with Crippen LogP contribution < -0.4 is 5.32 Å². The average molecular weight is 464 g/mol. The van der Waals surface area contributed by atoms with Crippen molar-refractivity contribution in [3.8, 4) is 0 Å². The van der Waals surface area contributed by atoms with Crippen LogP contribution in [0.1, 0.15) is 29.7 Å². The lowest BCUT2D eigenvalue weighted by Gasteiger charge is -2.32. The number of hydrogen-bond donors (Lipinski definition) is 2. The van der Waals surface area contributed by atoms with Crippen molar-refractivity contribution in [1.82, 2.24) is 5.32 Å². The van der Waals surface area contributed by atoms with Gasteiger partial charge in [0.15, 0.2) is 5.54 Å². The normalized spacial score (nSPS) is 13.2. The zero-order valence-corrected chi connectivity index (χ0v) is 18.4. The Kier molecular flexibility index (Phi) is 7.94. The van der Waals surface area contributed by atoms with Gasteiger partial charge >= 0.3 is 12.1 Å². The van der Waals surface area contributed by atoms with Crippen LogP contribution in [-0.4, -0.2) is 27.6 Å². The van der Waals surface area contributed by atoms with Gasteiger partial charge in [0.2, 0.25) is 0 Å². The minimum absolute atomic E-state index is 0.0800. The van der Waals surface area contributed by atoms with Crippen molar-refractivity contribution in [2.24, 2.45) is 0 Å². The van der Waals surface area contributed by atoms with Gasteiger partial charge in [-0.2, -0.15) is 0 Å². The molecule has 0 radical (unpaired) electrons. The SMILES string of the molecule is C[C@@](NC(=O)OCc1ccccc1)(C(=O)OCc1ccccc1)[C@H](O)c1ccccc1[N+](=O)[O-]. The van der Waals surface area contributed by atoms with E-state index >= 15 is 0 Å². The van der Waals surface area contributed by atoms with E-state index in [1.807, 2.05) is 6.07 Å². The number of aliphatic hydroxyl groups is 1. The minimum atomic E-state index is -2.09. The molecular weight excluding hydrogens is 440 g/mol. The van der Waals surface area contributed by atoms with Crippen molar-refractivity contribution in [2.45, 2.75) is 31.8 Å². The van der Waals surface area contributed by atoms with E-state index in [-0.39, 0.29) is 18.8 Å². The third-order valence-electron chi connectivity index (χ3n) is 5.19. The van der Waals surface area contributed by atoms with Crippen molar-refractivity contribution in [2.75, 3.05) is 0 Å². The Morgan fingerprint density at radius 1 is 0.912 bits per heavy atom. The van der Waals surface area contributed by atoms with Gasteiger partial charge in [-0.3, -0.25) is 10.1 Å². The molecule has 1 amide bonds. The molecule has 3 aromatic carbocycles. The molecule has 2 atom stereocenters. The number of ether oxygens (including phenoxy) is 2. The molecule has 0 heterocycles. The number of para-hydroxylation sites is 1. The van der Waals surface area contributed by atoms with Crippen LogP contribution >= 0.6 is 0 Å². The summed E-state index contributed by atoms with van der Waals surface area (Å²) in [5.74, 6) is -0.987. The van der Waals surface area contributed by atoms with Crippen LogP contribution in [0.25, 0.3) is 0 Å². The summed E-state index contributed by atoms with van der Waals surface area (Å²) in [5, 5.41) is 24.9. The van der Waals surface area contributed by atoms with Crippen molar-refractivity contribution in [3.05, 3.63) is 112 Å². The maximum absolute atomic E-state index is 13.1. The number of nitrogens with zero attached hydrogens (tertiary/aromatic N) is 1. The first-order valence-corrected chi connectivity index (χ1v) is 10.4. The summed E-state index contributed by atoms with van der Waals surface area (Å²) in [4.78, 5) is 36.5. The van der Waals surface area contributed by atoms with Crippen LogP contribution in [0.15, 0.2) is 84.9 Å². The molecule has 0 saturated heterocycles. The zero-order chi connectivity index (χ0) is 24.6. The highest BCUT2D eigenvalue weighted by atomic mass is 16.6. The fourth-order valence-electron chi connectivity index (χ4n) is 3.27. The quantitative estimate of drug-likeness (QED) is 0.278. The molecule has 0 aliphatic rings. The molecule has 0 aliphatic carbocycles. The third kappa shape index (κ3) is 5.96. The van der Waals surface area contributed by atoms with E-state index in [2.05, 4.69) is 5.32 Å². The Labute approximate surface area is 196 Å². The van der Waals surface area contributed by atoms with E-state index in [0.717, 1.165) is 0 Å². The van der Waals surface area contributed by atoms with E-state index in [1.54, 1.807) is 54.6 Å². The summed E-state index contributed by atoms with van der Waals surface area (Å²) in [5.41, 5.74) is -1.25. The number of benzene rings is 3. The fourth-order valence-corrected chi connectivity index (χ4v) is 3.27. The molecule has 3 aromatic rings. The van der Waals surface area contributed by atoms with Crippen LogP contribution in [0.5, 0.6) is 0 Å². The number of hydrogen-bond acceptors (Lipinski definition) is 7. The number of carbonyl (C=O) groups excluding carboxylic acids is 2. The highest BCUT2D eigenvalue weighted by Gasteiger charge is 2.47. The topological polar surface area (TPSA) is 128 Å². The second kappa shape index (κ2) is 11.1. The molecule has 0 bridgehead atoms. The summed E-state index contributed by atoms with van der Waals surface area (Å²) < 4.78 is 10.6. The molecule has 176 valence electrons. The van der Waals surface area contributed by atoms with Crippen LogP contribution in [-0.2, 0) is 27.5 Å². The maximum atomic E-state index is 13.1. The lowest BCUT2D eigenvalue weighted by atomic mass is 9.88. The van der Waals surface area contributed by atoms with E-state index in [1.165, 1.54) is 31.2 Å². The van der Waals surface area contributed by atoms with Crippen LogP contribution in [0.4, 0.5) is 10.5 Å². The van der Waals surface area contributed by atoms with E-state index in [9.17, 15) is 24.8 Å². The summed E-state index contributed by atoms with van der Waals surface area (Å²) in [7, 11) is 0. The molecule has 9 nitrogen and oxygen atoms in total. The number of aliphatic hydroxyl groups excluding tert-OH is 1. The highest BCUT2D eigenvalue weighted by Crippen LogP contribution is 2.33. The number of nitrogens with one attached hydrogen (secondary N) is 1. The van der Waals surface area contributed by atoms with E-state index in [0.29, 0.717) is 11.1 Å². The molecule has 0 fully saturated rings. The van der Waals surface area contributed by atoms with Gasteiger partial charge in [0.25, 0.3) is 5.69 Å². The Morgan fingerprint density at radius 3 is 1.97 bits per heavy atom. The molecule has 2 N–H and O–H groups in total. The first-order valence-electron chi connectivity index (χ1n) is 10.4. The second-order valence-corrected chi connectivity index (χ2v) is 7.67. The van der Waals surface area contributed by atoms with Crippen molar-refractivity contribution >= 4 is 17.7 Å². The van der Waals surface area contributed by atoms with Gasteiger partial charge < -0.3 is 19.9 Å². The number of nitro groups is 1. The van der Waals surface area contributed by atoms with E-state index < -0.39 is 34.3 Å². The first kappa shape index (κ1) is 24.4. The summed E-state index contributed by atoms with van der Waals surface area (Å²) in [6, 6.07) is 23.1. The Bertz CT molecular complexity index is 1140. The summed E-state index contributed by atoms with van der Waals surface area (Å²) in [6.45, 7) is 1.02. The predicted octanol–water partition coefficient (Wildman–Crippen LogP) is 4.06. The molecule has 34 heavy (non-hydrogen) atoms. The third-order valence-corrected chi connectivity index (χ3v) is 5.19. The number of carbonyl (C=O) groups is 2. The summed E-state index contributed by atoms with van der Waals surface area (Å²) in [6.07, 6.45) is -2.80. The Morgan fingerprint density at radius 2 is 1.41 bits per heavy atom. The van der Waals surface area contributed by atoms with Gasteiger partial charge in [-0.15, -0.1) is 0 Å². The molecule has 0 aromatic heterocycles. The Balaban J connectivity index is 1.84. The molecule has 0 unspecified atom stereocenters. The average Bonchev–Trinajstić information content (AvgIpc) is 2.86. The van der Waals surface area contributed by atoms with E-state index in [4.69, 9.17) is 9.47 Å². The van der Waals surface area contributed by atoms with Gasteiger partial charge in [0, 0.05) is 6.07 Å². The Hall–Kier alpha value is -4.24.